The molecule has 0 aromatic heterocycles. The quantitative estimate of drug-likeness (QED) is 0.576. The largest absolute Gasteiger partial charge is 0.494 e. The van der Waals surface area contributed by atoms with Gasteiger partial charge in [-0.25, -0.2) is 14.1 Å². The number of imide groups is 1. The molecule has 0 bridgehead atoms. The van der Waals surface area contributed by atoms with E-state index in [9.17, 15) is 14.0 Å². The van der Waals surface area contributed by atoms with E-state index in [4.69, 9.17) is 4.74 Å². The lowest BCUT2D eigenvalue weighted by Crippen LogP contribution is -2.45. The highest BCUT2D eigenvalue weighted by molar-refractivity contribution is 6.07. The molecule has 1 aliphatic rings. The maximum absolute atomic E-state index is 13.5. The van der Waals surface area contributed by atoms with Crippen molar-refractivity contribution in [1.29, 1.82) is 0 Å². The van der Waals surface area contributed by atoms with E-state index in [0.29, 0.717) is 25.1 Å². The first kappa shape index (κ1) is 22.7. The van der Waals surface area contributed by atoms with Gasteiger partial charge in [0.1, 0.15) is 17.1 Å². The number of hydrogen-bond acceptors (Lipinski definition) is 4. The van der Waals surface area contributed by atoms with E-state index in [-0.39, 0.29) is 18.4 Å². The Hall–Kier alpha value is -2.93. The average molecular weight is 428 g/mol. The predicted molar refractivity (Wildman–Crippen MR) is 117 cm³/mol. The van der Waals surface area contributed by atoms with Crippen LogP contribution in [0.5, 0.6) is 5.75 Å². The van der Waals surface area contributed by atoms with Crippen LogP contribution in [0.15, 0.2) is 48.5 Å². The van der Waals surface area contributed by atoms with Crippen molar-refractivity contribution in [2.24, 2.45) is 0 Å². The number of rotatable bonds is 10. The minimum Gasteiger partial charge on any atom is -0.494 e. The minimum absolute atomic E-state index is 0.160. The van der Waals surface area contributed by atoms with E-state index >= 15 is 0 Å². The zero-order valence-corrected chi connectivity index (χ0v) is 18.4. The van der Waals surface area contributed by atoms with E-state index in [0.717, 1.165) is 24.2 Å². The van der Waals surface area contributed by atoms with Crippen molar-refractivity contribution in [3.05, 3.63) is 65.5 Å². The molecular formula is C24H30FN3O3. The Bertz CT molecular complexity index is 901. The maximum Gasteiger partial charge on any atom is 0.326 e. The first-order valence-electron chi connectivity index (χ1n) is 10.7. The SMILES string of the molecule is CCCC[C@@]1(c2ccc(F)cc2)NC(=O)N(CN(C)Cc2ccc(OCC)cc2)C1=O. The Balaban J connectivity index is 1.74. The monoisotopic (exact) mass is 427 g/mol. The van der Waals surface area contributed by atoms with E-state index < -0.39 is 11.6 Å². The molecule has 3 amide bonds. The molecule has 1 aliphatic heterocycles. The standard InChI is InChI=1S/C24H30FN3O3/c1-4-6-15-24(19-9-11-20(25)12-10-19)22(29)28(23(30)26-24)17-27(3)16-18-7-13-21(14-8-18)31-5-2/h7-14H,4-6,15-17H2,1-3H3,(H,26,30)/t24-/m0/s1. The Morgan fingerprint density at radius 1 is 1.06 bits per heavy atom. The maximum atomic E-state index is 13.5. The highest BCUT2D eigenvalue weighted by Crippen LogP contribution is 2.34. The lowest BCUT2D eigenvalue weighted by Gasteiger charge is -2.28. The van der Waals surface area contributed by atoms with Crippen LogP contribution in [0.2, 0.25) is 0 Å². The molecule has 166 valence electrons. The molecule has 2 aromatic carbocycles. The number of carbonyl (C=O) groups excluding carboxylic acids is 2. The molecular weight excluding hydrogens is 397 g/mol. The normalized spacial score (nSPS) is 18.5. The number of ether oxygens (including phenoxy) is 1. The smallest absolute Gasteiger partial charge is 0.326 e. The fourth-order valence-electron chi connectivity index (χ4n) is 3.90. The third kappa shape index (κ3) is 5.05. The fourth-order valence-corrected chi connectivity index (χ4v) is 3.90. The number of carbonyl (C=O) groups is 2. The molecule has 1 fully saturated rings. The van der Waals surface area contributed by atoms with E-state index in [1.54, 1.807) is 12.1 Å². The van der Waals surface area contributed by atoms with Crippen LogP contribution in [0.3, 0.4) is 0 Å². The molecule has 1 saturated heterocycles. The number of hydrogen-bond donors (Lipinski definition) is 1. The predicted octanol–water partition coefficient (Wildman–Crippen LogP) is 4.25. The number of amides is 3. The summed E-state index contributed by atoms with van der Waals surface area (Å²) in [5, 5.41) is 2.90. The molecule has 7 heteroatoms. The zero-order valence-electron chi connectivity index (χ0n) is 18.4. The molecule has 1 N–H and O–H groups in total. The molecule has 1 atom stereocenters. The first-order chi connectivity index (χ1) is 14.9. The first-order valence-corrected chi connectivity index (χ1v) is 10.7. The van der Waals surface area contributed by atoms with Gasteiger partial charge in [0.25, 0.3) is 5.91 Å². The third-order valence-corrected chi connectivity index (χ3v) is 5.49. The van der Waals surface area contributed by atoms with Crippen molar-refractivity contribution >= 4 is 11.9 Å². The Morgan fingerprint density at radius 2 is 1.74 bits per heavy atom. The van der Waals surface area contributed by atoms with E-state index in [2.05, 4.69) is 5.32 Å². The van der Waals surface area contributed by atoms with Crippen LogP contribution in [0.1, 0.15) is 44.2 Å². The summed E-state index contributed by atoms with van der Waals surface area (Å²) >= 11 is 0. The highest BCUT2D eigenvalue weighted by atomic mass is 19.1. The number of nitrogens with one attached hydrogen (secondary N) is 1. The van der Waals surface area contributed by atoms with Crippen molar-refractivity contribution < 1.29 is 18.7 Å². The van der Waals surface area contributed by atoms with Crippen LogP contribution in [0.25, 0.3) is 0 Å². The highest BCUT2D eigenvalue weighted by Gasteiger charge is 2.52. The fraction of sp³-hybridized carbons (Fsp3) is 0.417. The molecule has 1 heterocycles. The molecule has 3 rings (SSSR count). The lowest BCUT2D eigenvalue weighted by molar-refractivity contribution is -0.133. The Morgan fingerprint density at radius 3 is 2.35 bits per heavy atom. The molecule has 6 nitrogen and oxygen atoms in total. The number of halogens is 1. The molecule has 0 radical (unpaired) electrons. The summed E-state index contributed by atoms with van der Waals surface area (Å²) in [5.41, 5.74) is 0.506. The molecule has 0 unspecified atom stereocenters. The van der Waals surface area contributed by atoms with Crippen LogP contribution in [-0.2, 0) is 16.9 Å². The van der Waals surface area contributed by atoms with Crippen LogP contribution < -0.4 is 10.1 Å². The van der Waals surface area contributed by atoms with Gasteiger partial charge in [0.15, 0.2) is 0 Å². The average Bonchev–Trinajstić information content (AvgIpc) is 2.99. The van der Waals surface area contributed by atoms with Gasteiger partial charge in [0.2, 0.25) is 0 Å². The number of nitrogens with zero attached hydrogens (tertiary/aromatic N) is 2. The number of benzene rings is 2. The second-order valence-electron chi connectivity index (χ2n) is 7.91. The van der Waals surface area contributed by atoms with Crippen LogP contribution >= 0.6 is 0 Å². The Labute approximate surface area is 183 Å². The molecule has 2 aromatic rings. The molecule has 31 heavy (non-hydrogen) atoms. The van der Waals surface area contributed by atoms with E-state index in [1.165, 1.54) is 17.0 Å². The summed E-state index contributed by atoms with van der Waals surface area (Å²) in [4.78, 5) is 29.4. The van der Waals surface area contributed by atoms with Gasteiger partial charge in [-0.15, -0.1) is 0 Å². The van der Waals surface area contributed by atoms with Gasteiger partial charge in [-0.1, -0.05) is 44.0 Å². The lowest BCUT2D eigenvalue weighted by atomic mass is 9.85. The minimum atomic E-state index is -1.15. The molecule has 0 spiro atoms. The number of urea groups is 1. The Kier molecular flexibility index (Phi) is 7.28. The van der Waals surface area contributed by atoms with Gasteiger partial charge in [0.05, 0.1) is 13.3 Å². The summed E-state index contributed by atoms with van der Waals surface area (Å²) < 4.78 is 18.9. The molecule has 0 aliphatic carbocycles. The van der Waals surface area contributed by atoms with Gasteiger partial charge < -0.3 is 10.1 Å². The van der Waals surface area contributed by atoms with Gasteiger partial charge in [-0.3, -0.25) is 9.69 Å². The second-order valence-corrected chi connectivity index (χ2v) is 7.91. The summed E-state index contributed by atoms with van der Waals surface area (Å²) in [6.45, 7) is 5.31. The van der Waals surface area contributed by atoms with Crippen molar-refractivity contribution in [1.82, 2.24) is 15.1 Å². The van der Waals surface area contributed by atoms with Crippen LogP contribution in [-0.4, -0.2) is 42.1 Å². The zero-order chi connectivity index (χ0) is 22.4. The van der Waals surface area contributed by atoms with Gasteiger partial charge in [-0.2, -0.15) is 0 Å². The topological polar surface area (TPSA) is 61.9 Å². The van der Waals surface area contributed by atoms with Gasteiger partial charge in [0, 0.05) is 6.54 Å². The third-order valence-electron chi connectivity index (χ3n) is 5.49. The number of unbranched alkanes of at least 4 members (excludes halogenated alkanes) is 1. The summed E-state index contributed by atoms with van der Waals surface area (Å²) in [7, 11) is 1.86. The van der Waals surface area contributed by atoms with Crippen LogP contribution in [0, 0.1) is 5.82 Å². The molecule has 0 saturated carbocycles. The van der Waals surface area contributed by atoms with Crippen molar-refractivity contribution in [3.63, 3.8) is 0 Å². The summed E-state index contributed by atoms with van der Waals surface area (Å²) in [5.74, 6) is 0.136. The van der Waals surface area contributed by atoms with Crippen molar-refractivity contribution in [2.45, 2.75) is 45.2 Å². The second kappa shape index (κ2) is 9.92. The summed E-state index contributed by atoms with van der Waals surface area (Å²) in [6, 6.07) is 13.1. The van der Waals surface area contributed by atoms with Gasteiger partial charge >= 0.3 is 6.03 Å². The van der Waals surface area contributed by atoms with Crippen molar-refractivity contribution in [2.75, 3.05) is 20.3 Å². The summed E-state index contributed by atoms with van der Waals surface area (Å²) in [6.07, 6.45) is 2.11. The van der Waals surface area contributed by atoms with Crippen molar-refractivity contribution in [3.8, 4) is 5.75 Å². The van der Waals surface area contributed by atoms with E-state index in [1.807, 2.05) is 50.1 Å². The van der Waals surface area contributed by atoms with Crippen LogP contribution in [0.4, 0.5) is 9.18 Å². The van der Waals surface area contributed by atoms with Gasteiger partial charge in [-0.05, 0) is 55.8 Å².